The average molecular weight is 444 g/mol. The standard InChI is InChI=1S/C21H19ClFN5O3/c1-21(12-27-10-19(28(29)30)25-20(27)31-21)11-26-7-6-17-13(9-26)2-5-18(24-17)15-8-14(23)3-4-16(15)22/h2-5,8,10H,6-7,9,11-12H2,1H3. The summed E-state index contributed by atoms with van der Waals surface area (Å²) in [6.45, 7) is 4.64. The molecule has 2 aromatic heterocycles. The number of fused-ring (bicyclic) bond motifs is 2. The Morgan fingerprint density at radius 2 is 2.16 bits per heavy atom. The van der Waals surface area contributed by atoms with Crippen molar-refractivity contribution in [1.82, 2.24) is 19.4 Å². The number of aromatic nitrogens is 3. The van der Waals surface area contributed by atoms with Gasteiger partial charge in [0.2, 0.25) is 0 Å². The number of benzene rings is 1. The van der Waals surface area contributed by atoms with E-state index >= 15 is 0 Å². The smallest absolute Gasteiger partial charge is 0.415 e. The summed E-state index contributed by atoms with van der Waals surface area (Å²) >= 11 is 6.23. The zero-order valence-corrected chi connectivity index (χ0v) is 17.5. The van der Waals surface area contributed by atoms with Crippen LogP contribution in [0.25, 0.3) is 11.3 Å². The van der Waals surface area contributed by atoms with Crippen molar-refractivity contribution >= 4 is 17.4 Å². The number of hydrogen-bond acceptors (Lipinski definition) is 6. The van der Waals surface area contributed by atoms with Gasteiger partial charge in [-0.05, 0) is 41.7 Å². The third-order valence-electron chi connectivity index (χ3n) is 5.65. The minimum atomic E-state index is -0.522. The minimum absolute atomic E-state index is 0.204. The molecule has 4 heterocycles. The summed E-state index contributed by atoms with van der Waals surface area (Å²) in [7, 11) is 0. The number of halogens is 2. The van der Waals surface area contributed by atoms with Crippen LogP contribution in [-0.2, 0) is 19.5 Å². The van der Waals surface area contributed by atoms with Crippen molar-refractivity contribution in [3.05, 3.63) is 68.7 Å². The van der Waals surface area contributed by atoms with Gasteiger partial charge in [-0.1, -0.05) is 17.7 Å². The molecule has 0 radical (unpaired) electrons. The van der Waals surface area contributed by atoms with Crippen molar-refractivity contribution in [2.45, 2.75) is 32.0 Å². The molecule has 0 bridgehead atoms. The first kappa shape index (κ1) is 19.9. The fourth-order valence-corrected chi connectivity index (χ4v) is 4.50. The van der Waals surface area contributed by atoms with Crippen LogP contribution in [-0.4, -0.2) is 43.0 Å². The number of hydrogen-bond donors (Lipinski definition) is 0. The summed E-state index contributed by atoms with van der Waals surface area (Å²) in [5, 5.41) is 11.4. The first-order chi connectivity index (χ1) is 14.8. The third kappa shape index (κ3) is 3.75. The second-order valence-electron chi connectivity index (χ2n) is 8.21. The van der Waals surface area contributed by atoms with Crippen molar-refractivity contribution < 1.29 is 14.1 Å². The highest BCUT2D eigenvalue weighted by atomic mass is 35.5. The van der Waals surface area contributed by atoms with E-state index in [1.165, 1.54) is 24.4 Å². The van der Waals surface area contributed by atoms with Crippen molar-refractivity contribution in [3.63, 3.8) is 0 Å². The number of nitrogens with zero attached hydrogens (tertiary/aromatic N) is 5. The minimum Gasteiger partial charge on any atom is -0.436 e. The number of imidazole rings is 1. The Balaban J connectivity index is 1.29. The maximum Gasteiger partial charge on any atom is 0.415 e. The topological polar surface area (TPSA) is 86.3 Å². The summed E-state index contributed by atoms with van der Waals surface area (Å²) in [5.74, 6) is -0.551. The van der Waals surface area contributed by atoms with Gasteiger partial charge in [-0.3, -0.25) is 14.5 Å². The summed E-state index contributed by atoms with van der Waals surface area (Å²) in [4.78, 5) is 21.3. The lowest BCUT2D eigenvalue weighted by atomic mass is 10.0. The van der Waals surface area contributed by atoms with E-state index in [-0.39, 0.29) is 17.6 Å². The third-order valence-corrected chi connectivity index (χ3v) is 5.98. The van der Waals surface area contributed by atoms with E-state index in [1.807, 2.05) is 19.1 Å². The Bertz CT molecular complexity index is 1170. The predicted molar refractivity (Wildman–Crippen MR) is 112 cm³/mol. The van der Waals surface area contributed by atoms with Crippen LogP contribution in [0, 0.1) is 15.9 Å². The van der Waals surface area contributed by atoms with Crippen molar-refractivity contribution in [2.24, 2.45) is 0 Å². The molecule has 0 saturated carbocycles. The molecule has 3 aromatic rings. The maximum atomic E-state index is 13.6. The molecule has 31 heavy (non-hydrogen) atoms. The molecule has 0 saturated heterocycles. The molecule has 0 N–H and O–H groups in total. The maximum absolute atomic E-state index is 13.6. The van der Waals surface area contributed by atoms with E-state index in [9.17, 15) is 14.5 Å². The number of ether oxygens (including phenoxy) is 1. The fourth-order valence-electron chi connectivity index (χ4n) is 4.29. The van der Waals surface area contributed by atoms with Gasteiger partial charge >= 0.3 is 11.8 Å². The van der Waals surface area contributed by atoms with Gasteiger partial charge < -0.3 is 14.9 Å². The van der Waals surface area contributed by atoms with Crippen LogP contribution in [0.2, 0.25) is 5.02 Å². The second-order valence-corrected chi connectivity index (χ2v) is 8.61. The first-order valence-corrected chi connectivity index (χ1v) is 10.2. The quantitative estimate of drug-likeness (QED) is 0.449. The molecule has 160 valence electrons. The summed E-state index contributed by atoms with van der Waals surface area (Å²) < 4.78 is 21.3. The van der Waals surface area contributed by atoms with Gasteiger partial charge in [0.15, 0.2) is 0 Å². The zero-order valence-electron chi connectivity index (χ0n) is 16.7. The van der Waals surface area contributed by atoms with Crippen LogP contribution in [0.3, 0.4) is 0 Å². The van der Waals surface area contributed by atoms with Crippen LogP contribution < -0.4 is 4.74 Å². The predicted octanol–water partition coefficient (Wildman–Crippen LogP) is 3.86. The van der Waals surface area contributed by atoms with Crippen LogP contribution in [0.15, 0.2) is 36.5 Å². The van der Waals surface area contributed by atoms with Gasteiger partial charge in [-0.2, -0.15) is 0 Å². The fraction of sp³-hybridized carbons (Fsp3) is 0.333. The van der Waals surface area contributed by atoms with Gasteiger partial charge in [0.25, 0.3) is 0 Å². The highest BCUT2D eigenvalue weighted by molar-refractivity contribution is 6.33. The molecule has 0 aliphatic carbocycles. The molecule has 1 atom stereocenters. The van der Waals surface area contributed by atoms with Crippen molar-refractivity contribution in [1.29, 1.82) is 0 Å². The van der Waals surface area contributed by atoms with Gasteiger partial charge in [-0.25, -0.2) is 4.39 Å². The highest BCUT2D eigenvalue weighted by Gasteiger charge is 2.41. The zero-order chi connectivity index (χ0) is 21.8. The molecule has 5 rings (SSSR count). The summed E-state index contributed by atoms with van der Waals surface area (Å²) in [5.41, 5.74) is 2.82. The molecule has 1 aromatic carbocycles. The van der Waals surface area contributed by atoms with Gasteiger partial charge in [0.1, 0.15) is 17.6 Å². The van der Waals surface area contributed by atoms with Crippen LogP contribution in [0.4, 0.5) is 10.2 Å². The Kier molecular flexibility index (Phi) is 4.67. The van der Waals surface area contributed by atoms with Crippen molar-refractivity contribution in [2.75, 3.05) is 13.1 Å². The lowest BCUT2D eigenvalue weighted by molar-refractivity contribution is -0.389. The molecular formula is C21H19ClFN5O3. The van der Waals surface area contributed by atoms with Gasteiger partial charge in [0.05, 0.1) is 17.3 Å². The number of pyridine rings is 1. The van der Waals surface area contributed by atoms with E-state index in [2.05, 4.69) is 9.88 Å². The first-order valence-electron chi connectivity index (χ1n) is 9.87. The Hall–Kier alpha value is -3.04. The normalized spacial score (nSPS) is 20.2. The Morgan fingerprint density at radius 3 is 2.94 bits per heavy atom. The second kappa shape index (κ2) is 7.28. The van der Waals surface area contributed by atoms with E-state index in [0.717, 1.165) is 24.2 Å². The molecule has 0 spiro atoms. The van der Waals surface area contributed by atoms with Crippen molar-refractivity contribution in [3.8, 4) is 17.3 Å². The van der Waals surface area contributed by atoms with Crippen LogP contribution >= 0.6 is 11.6 Å². The number of rotatable bonds is 4. The molecule has 2 aliphatic heterocycles. The summed E-state index contributed by atoms with van der Waals surface area (Å²) in [6.07, 6.45) is 2.16. The molecule has 1 unspecified atom stereocenters. The molecule has 10 heteroatoms. The Labute approximate surface area is 182 Å². The Morgan fingerprint density at radius 1 is 1.32 bits per heavy atom. The average Bonchev–Trinajstić information content (AvgIpc) is 3.24. The number of nitro groups is 1. The van der Waals surface area contributed by atoms with E-state index in [1.54, 1.807) is 4.57 Å². The van der Waals surface area contributed by atoms with Gasteiger partial charge in [-0.15, -0.1) is 0 Å². The van der Waals surface area contributed by atoms with Crippen LogP contribution in [0.5, 0.6) is 6.01 Å². The van der Waals surface area contributed by atoms with E-state index in [4.69, 9.17) is 21.3 Å². The molecule has 0 fully saturated rings. The van der Waals surface area contributed by atoms with Gasteiger partial charge in [0, 0.05) is 42.3 Å². The SMILES string of the molecule is CC1(CN2CCc3nc(-c4cc(F)ccc4Cl)ccc3C2)Cn2cc([N+](=O)[O-])nc2O1. The monoisotopic (exact) mass is 443 g/mol. The van der Waals surface area contributed by atoms with E-state index < -0.39 is 10.5 Å². The highest BCUT2D eigenvalue weighted by Crippen LogP contribution is 2.33. The summed E-state index contributed by atoms with van der Waals surface area (Å²) in [6, 6.07) is 8.43. The molecule has 8 nitrogen and oxygen atoms in total. The molecule has 0 amide bonds. The molecular weight excluding hydrogens is 425 g/mol. The lowest BCUT2D eigenvalue weighted by Gasteiger charge is -2.34. The van der Waals surface area contributed by atoms with E-state index in [0.29, 0.717) is 35.9 Å². The van der Waals surface area contributed by atoms with Crippen LogP contribution in [0.1, 0.15) is 18.2 Å². The largest absolute Gasteiger partial charge is 0.436 e. The lowest BCUT2D eigenvalue weighted by Crippen LogP contribution is -2.46. The molecule has 2 aliphatic rings.